The standard InChI is InChI=1S/C11H13N5/c1-3-5-15(6-4-2)16-7-10-11(14-9-16)13-8-12-10/h3-4,7-9H,1-2,5-6H2. The van der Waals surface area contributed by atoms with E-state index in [2.05, 4.69) is 28.1 Å². The Kier molecular flexibility index (Phi) is 2.95. The normalized spacial score (nSPS) is 10.2. The van der Waals surface area contributed by atoms with E-state index in [1.807, 2.05) is 28.0 Å². The SMILES string of the molecule is C=CCN(CC=C)n1cnc2ncnc-2c1. The fourth-order valence-corrected chi connectivity index (χ4v) is 1.45. The van der Waals surface area contributed by atoms with Crippen LogP contribution in [0.25, 0.3) is 11.5 Å². The maximum absolute atomic E-state index is 4.21. The molecule has 0 saturated carbocycles. The monoisotopic (exact) mass is 215 g/mol. The lowest BCUT2D eigenvalue weighted by atomic mass is 10.4. The third kappa shape index (κ3) is 1.93. The van der Waals surface area contributed by atoms with Gasteiger partial charge in [0.2, 0.25) is 0 Å². The highest BCUT2D eigenvalue weighted by Crippen LogP contribution is 2.11. The average Bonchev–Trinajstić information content (AvgIpc) is 2.75. The molecule has 0 aromatic heterocycles. The van der Waals surface area contributed by atoms with Gasteiger partial charge in [-0.2, -0.15) is 0 Å². The van der Waals surface area contributed by atoms with Gasteiger partial charge < -0.3 is 5.01 Å². The molecule has 82 valence electrons. The van der Waals surface area contributed by atoms with Crippen LogP contribution in [-0.4, -0.2) is 32.7 Å². The smallest absolute Gasteiger partial charge is 0.182 e. The van der Waals surface area contributed by atoms with Crippen molar-refractivity contribution in [1.82, 2.24) is 19.6 Å². The zero-order valence-electron chi connectivity index (χ0n) is 8.95. The zero-order valence-corrected chi connectivity index (χ0v) is 8.95. The molecular formula is C11H13N5. The van der Waals surface area contributed by atoms with Gasteiger partial charge in [-0.1, -0.05) is 12.2 Å². The first-order chi connectivity index (χ1) is 7.85. The molecule has 16 heavy (non-hydrogen) atoms. The molecule has 2 aliphatic rings. The highest BCUT2D eigenvalue weighted by Gasteiger charge is 2.09. The third-order valence-electron chi connectivity index (χ3n) is 2.17. The fourth-order valence-electron chi connectivity index (χ4n) is 1.45. The molecule has 2 heterocycles. The van der Waals surface area contributed by atoms with Crippen LogP contribution in [0.5, 0.6) is 0 Å². The molecule has 0 radical (unpaired) electrons. The number of hydrogen-bond donors (Lipinski definition) is 0. The van der Waals surface area contributed by atoms with Crippen molar-refractivity contribution in [3.63, 3.8) is 0 Å². The highest BCUT2D eigenvalue weighted by atomic mass is 15.5. The Morgan fingerprint density at radius 3 is 2.62 bits per heavy atom. The van der Waals surface area contributed by atoms with Crippen LogP contribution in [0.4, 0.5) is 0 Å². The van der Waals surface area contributed by atoms with E-state index in [4.69, 9.17) is 0 Å². The van der Waals surface area contributed by atoms with E-state index in [9.17, 15) is 0 Å². The molecule has 0 amide bonds. The summed E-state index contributed by atoms with van der Waals surface area (Å²) in [5.41, 5.74) is 0.778. The molecule has 0 aliphatic carbocycles. The number of imidazole rings is 1. The topological polar surface area (TPSA) is 46.8 Å². The molecule has 0 aromatic carbocycles. The molecular weight excluding hydrogens is 202 g/mol. The molecule has 5 nitrogen and oxygen atoms in total. The largest absolute Gasteiger partial charge is 0.304 e. The van der Waals surface area contributed by atoms with Crippen LogP contribution in [0, 0.1) is 0 Å². The Hall–Kier alpha value is -2.17. The summed E-state index contributed by atoms with van der Waals surface area (Å²) in [6, 6.07) is 0. The summed E-state index contributed by atoms with van der Waals surface area (Å²) >= 11 is 0. The molecule has 2 aliphatic heterocycles. The van der Waals surface area contributed by atoms with E-state index in [0.717, 1.165) is 18.8 Å². The highest BCUT2D eigenvalue weighted by molar-refractivity contribution is 5.47. The molecule has 0 N–H and O–H groups in total. The van der Waals surface area contributed by atoms with Crippen LogP contribution in [0.1, 0.15) is 0 Å². The van der Waals surface area contributed by atoms with Crippen LogP contribution in [0.3, 0.4) is 0 Å². The van der Waals surface area contributed by atoms with Crippen LogP contribution in [0.15, 0.2) is 44.2 Å². The minimum Gasteiger partial charge on any atom is -0.304 e. The van der Waals surface area contributed by atoms with Crippen LogP contribution >= 0.6 is 0 Å². The number of hydrogen-bond acceptors (Lipinski definition) is 4. The predicted molar refractivity (Wildman–Crippen MR) is 62.8 cm³/mol. The average molecular weight is 215 g/mol. The second kappa shape index (κ2) is 4.57. The quantitative estimate of drug-likeness (QED) is 0.700. The Bertz CT molecular complexity index is 451. The number of nitrogens with zero attached hydrogens (tertiary/aromatic N) is 5. The van der Waals surface area contributed by atoms with Crippen molar-refractivity contribution >= 4 is 0 Å². The molecule has 0 unspecified atom stereocenters. The lowest BCUT2D eigenvalue weighted by Crippen LogP contribution is -2.35. The lowest BCUT2D eigenvalue weighted by molar-refractivity contribution is 0.641. The van der Waals surface area contributed by atoms with Gasteiger partial charge in [-0.05, 0) is 0 Å². The third-order valence-corrected chi connectivity index (χ3v) is 2.17. The Morgan fingerprint density at radius 1 is 1.19 bits per heavy atom. The van der Waals surface area contributed by atoms with Crippen LogP contribution in [0.2, 0.25) is 0 Å². The summed E-state index contributed by atoms with van der Waals surface area (Å²) in [6.45, 7) is 8.89. The summed E-state index contributed by atoms with van der Waals surface area (Å²) in [7, 11) is 0. The molecule has 0 atom stereocenters. The van der Waals surface area contributed by atoms with E-state index in [1.54, 1.807) is 6.33 Å². The summed E-state index contributed by atoms with van der Waals surface area (Å²) in [5, 5.41) is 2.03. The Morgan fingerprint density at radius 2 is 1.94 bits per heavy atom. The summed E-state index contributed by atoms with van der Waals surface area (Å²) in [4.78, 5) is 12.3. The van der Waals surface area contributed by atoms with E-state index < -0.39 is 0 Å². The number of rotatable bonds is 5. The first kappa shape index (κ1) is 10.4. The lowest BCUT2D eigenvalue weighted by Gasteiger charge is -2.24. The van der Waals surface area contributed by atoms with Gasteiger partial charge in [-0.3, -0.25) is 4.68 Å². The Balaban J connectivity index is 2.32. The Labute approximate surface area is 94.1 Å². The maximum Gasteiger partial charge on any atom is 0.182 e. The van der Waals surface area contributed by atoms with Gasteiger partial charge in [0.05, 0.1) is 19.3 Å². The predicted octanol–water partition coefficient (Wildman–Crippen LogP) is 1.09. The molecule has 2 rings (SSSR count). The van der Waals surface area contributed by atoms with Gasteiger partial charge in [0.25, 0.3) is 0 Å². The number of fused-ring (bicyclic) bond motifs is 1. The van der Waals surface area contributed by atoms with Gasteiger partial charge in [-0.25, -0.2) is 15.0 Å². The van der Waals surface area contributed by atoms with Crippen LogP contribution < -0.4 is 5.01 Å². The van der Waals surface area contributed by atoms with Gasteiger partial charge >= 0.3 is 0 Å². The maximum atomic E-state index is 4.21. The van der Waals surface area contributed by atoms with Crippen molar-refractivity contribution < 1.29 is 0 Å². The van der Waals surface area contributed by atoms with E-state index in [1.165, 1.54) is 6.33 Å². The minimum absolute atomic E-state index is 0.661. The number of aromatic nitrogens is 4. The molecule has 0 spiro atoms. The van der Waals surface area contributed by atoms with Gasteiger partial charge in [-0.15, -0.1) is 13.2 Å². The first-order valence-electron chi connectivity index (χ1n) is 4.97. The second-order valence-electron chi connectivity index (χ2n) is 3.29. The van der Waals surface area contributed by atoms with Gasteiger partial charge in [0, 0.05) is 0 Å². The molecule has 0 aromatic rings. The van der Waals surface area contributed by atoms with E-state index in [0.29, 0.717) is 5.82 Å². The molecule has 0 fully saturated rings. The zero-order chi connectivity index (χ0) is 11.4. The molecule has 5 heteroatoms. The van der Waals surface area contributed by atoms with Crippen molar-refractivity contribution in [2.45, 2.75) is 0 Å². The van der Waals surface area contributed by atoms with Crippen molar-refractivity contribution in [3.05, 3.63) is 44.2 Å². The molecule has 0 bridgehead atoms. The summed E-state index contributed by atoms with van der Waals surface area (Å²) in [6.07, 6.45) is 8.77. The van der Waals surface area contributed by atoms with E-state index >= 15 is 0 Å². The van der Waals surface area contributed by atoms with Gasteiger partial charge in [0.15, 0.2) is 5.82 Å². The van der Waals surface area contributed by atoms with Crippen LogP contribution in [-0.2, 0) is 0 Å². The summed E-state index contributed by atoms with van der Waals surface area (Å²) < 4.78 is 1.88. The second-order valence-corrected chi connectivity index (χ2v) is 3.29. The van der Waals surface area contributed by atoms with Gasteiger partial charge in [0.1, 0.15) is 18.3 Å². The van der Waals surface area contributed by atoms with E-state index in [-0.39, 0.29) is 0 Å². The van der Waals surface area contributed by atoms with Crippen molar-refractivity contribution in [1.29, 1.82) is 0 Å². The minimum atomic E-state index is 0.661. The fraction of sp³-hybridized carbons (Fsp3) is 0.182. The summed E-state index contributed by atoms with van der Waals surface area (Å²) in [5.74, 6) is 0.661. The van der Waals surface area contributed by atoms with Crippen molar-refractivity contribution in [3.8, 4) is 11.5 Å². The molecule has 0 saturated heterocycles. The first-order valence-corrected chi connectivity index (χ1v) is 4.97. The van der Waals surface area contributed by atoms with Crippen molar-refractivity contribution in [2.24, 2.45) is 0 Å². The van der Waals surface area contributed by atoms with Crippen molar-refractivity contribution in [2.75, 3.05) is 18.1 Å².